The number of aliphatic carboxylic acids is 1. The Balaban J connectivity index is 1.79. The van der Waals surface area contributed by atoms with E-state index in [-0.39, 0.29) is 30.1 Å². The number of aliphatic hydroxyl groups excluding tert-OH is 1. The number of aliphatic hydroxyl groups is 1. The quantitative estimate of drug-likeness (QED) is 0.307. The Morgan fingerprint density at radius 1 is 1.32 bits per heavy atom. The van der Waals surface area contributed by atoms with Gasteiger partial charge in [-0.1, -0.05) is 6.08 Å². The number of halogens is 1. The summed E-state index contributed by atoms with van der Waals surface area (Å²) in [6.07, 6.45) is 7.91. The number of hydrogen-bond donors (Lipinski definition) is 2. The van der Waals surface area contributed by atoms with Gasteiger partial charge in [-0.2, -0.15) is 0 Å². The fourth-order valence-electron chi connectivity index (χ4n) is 3.41. The Morgan fingerprint density at radius 2 is 2.11 bits per heavy atom. The minimum Gasteiger partial charge on any atom is -0.481 e. The molecule has 1 heterocycles. The highest BCUT2D eigenvalue weighted by atomic mass is 79.9. The molecule has 4 nitrogen and oxygen atoms in total. The van der Waals surface area contributed by atoms with E-state index in [0.717, 1.165) is 23.7 Å². The zero-order chi connectivity index (χ0) is 20.5. The van der Waals surface area contributed by atoms with Crippen molar-refractivity contribution in [2.75, 3.05) is 0 Å². The zero-order valence-corrected chi connectivity index (χ0v) is 18.5. The highest BCUT2D eigenvalue weighted by Crippen LogP contribution is 2.35. The lowest BCUT2D eigenvalue weighted by molar-refractivity contribution is -0.137. The second-order valence-corrected chi connectivity index (χ2v) is 9.41. The lowest BCUT2D eigenvalue weighted by atomic mass is 9.91. The van der Waals surface area contributed by atoms with Crippen LogP contribution in [0.2, 0.25) is 0 Å². The van der Waals surface area contributed by atoms with E-state index in [9.17, 15) is 14.7 Å². The first-order valence-electron chi connectivity index (χ1n) is 9.68. The molecule has 1 saturated carbocycles. The van der Waals surface area contributed by atoms with Crippen LogP contribution in [0.5, 0.6) is 0 Å². The highest BCUT2D eigenvalue weighted by Gasteiger charge is 2.32. The van der Waals surface area contributed by atoms with E-state index in [4.69, 9.17) is 5.11 Å². The molecule has 2 N–H and O–H groups in total. The smallest absolute Gasteiger partial charge is 0.303 e. The summed E-state index contributed by atoms with van der Waals surface area (Å²) >= 11 is 5.21. The molecule has 0 radical (unpaired) electrons. The van der Waals surface area contributed by atoms with Crippen molar-refractivity contribution in [2.24, 2.45) is 11.8 Å². The molecule has 6 heteroatoms. The molecular weight excluding hydrogens is 440 g/mol. The van der Waals surface area contributed by atoms with E-state index in [2.05, 4.69) is 40.8 Å². The van der Waals surface area contributed by atoms with Crippen LogP contribution >= 0.6 is 27.3 Å². The third-order valence-electron chi connectivity index (χ3n) is 5.05. The monoisotopic (exact) mass is 466 g/mol. The van der Waals surface area contributed by atoms with Crippen molar-refractivity contribution < 1.29 is 19.8 Å². The largest absolute Gasteiger partial charge is 0.481 e. The fourth-order valence-corrected chi connectivity index (χ4v) is 5.01. The molecule has 0 bridgehead atoms. The maximum atomic E-state index is 12.2. The van der Waals surface area contributed by atoms with Gasteiger partial charge in [-0.3, -0.25) is 9.59 Å². The predicted octanol–water partition coefficient (Wildman–Crippen LogP) is 4.91. The molecule has 152 valence electrons. The van der Waals surface area contributed by atoms with Gasteiger partial charge in [0.15, 0.2) is 5.78 Å². The standard InChI is InChI=1S/C22H27BrO4S/c1-15-20(23)14-18(28-15)12-11-17(24)10-8-16-9-13-21(25)19(16)6-4-2-3-5-7-22(26)27/h8,10,14,16,19,21,25H,3,5-7,9,11-13H2,1H3,(H,26,27)/t16-,19+,21?/m0/s1. The third-order valence-corrected chi connectivity index (χ3v) is 7.25. The molecule has 0 spiro atoms. The first-order valence-corrected chi connectivity index (χ1v) is 11.3. The molecule has 1 aliphatic rings. The average molecular weight is 467 g/mol. The summed E-state index contributed by atoms with van der Waals surface area (Å²) in [5.41, 5.74) is 0. The van der Waals surface area contributed by atoms with Gasteiger partial charge in [-0.15, -0.1) is 23.2 Å². The molecule has 1 fully saturated rings. The summed E-state index contributed by atoms with van der Waals surface area (Å²) < 4.78 is 1.10. The van der Waals surface area contributed by atoms with Crippen LogP contribution in [0.4, 0.5) is 0 Å². The second-order valence-electron chi connectivity index (χ2n) is 7.22. The number of ketones is 1. The molecule has 0 amide bonds. The van der Waals surface area contributed by atoms with Crippen molar-refractivity contribution in [3.63, 3.8) is 0 Å². The Labute approximate surface area is 179 Å². The number of carbonyl (C=O) groups excluding carboxylic acids is 1. The third kappa shape index (κ3) is 7.54. The molecule has 0 aromatic carbocycles. The van der Waals surface area contributed by atoms with E-state index in [1.54, 1.807) is 17.4 Å². The molecule has 3 atom stereocenters. The van der Waals surface area contributed by atoms with Crippen LogP contribution in [0.25, 0.3) is 0 Å². The van der Waals surface area contributed by atoms with Crippen molar-refractivity contribution >= 4 is 39.0 Å². The summed E-state index contributed by atoms with van der Waals surface area (Å²) in [7, 11) is 0. The molecule has 1 aromatic heterocycles. The Morgan fingerprint density at radius 3 is 2.79 bits per heavy atom. The lowest BCUT2D eigenvalue weighted by Gasteiger charge is -2.16. The van der Waals surface area contributed by atoms with Crippen molar-refractivity contribution in [3.8, 4) is 11.8 Å². The Kier molecular flexibility index (Phi) is 9.43. The first kappa shape index (κ1) is 22.9. The summed E-state index contributed by atoms with van der Waals surface area (Å²) in [4.78, 5) is 25.1. The molecule has 28 heavy (non-hydrogen) atoms. The number of carboxylic acid groups (broad SMARTS) is 1. The van der Waals surface area contributed by atoms with Gasteiger partial charge in [0.25, 0.3) is 0 Å². The van der Waals surface area contributed by atoms with Crippen LogP contribution in [-0.4, -0.2) is 28.1 Å². The van der Waals surface area contributed by atoms with Gasteiger partial charge in [0.1, 0.15) is 0 Å². The Hall–Kier alpha value is -1.42. The number of carbonyl (C=O) groups is 2. The van der Waals surface area contributed by atoms with Crippen molar-refractivity contribution in [2.45, 2.75) is 64.4 Å². The molecule has 2 rings (SSSR count). The van der Waals surface area contributed by atoms with Crippen LogP contribution < -0.4 is 0 Å². The molecule has 0 aliphatic heterocycles. The van der Waals surface area contributed by atoms with Crippen LogP contribution in [0.3, 0.4) is 0 Å². The number of thiophene rings is 1. The average Bonchev–Trinajstić information content (AvgIpc) is 3.16. The normalized spacial score (nSPS) is 21.6. The molecule has 1 aliphatic carbocycles. The minimum absolute atomic E-state index is 0.0481. The predicted molar refractivity (Wildman–Crippen MR) is 115 cm³/mol. The van der Waals surface area contributed by atoms with Crippen LogP contribution in [0.1, 0.15) is 54.7 Å². The summed E-state index contributed by atoms with van der Waals surface area (Å²) in [6.45, 7) is 2.06. The van der Waals surface area contributed by atoms with Crippen LogP contribution in [-0.2, 0) is 16.0 Å². The van der Waals surface area contributed by atoms with E-state index in [1.165, 1.54) is 9.75 Å². The van der Waals surface area contributed by atoms with E-state index in [1.807, 2.05) is 6.08 Å². The number of rotatable bonds is 9. The maximum absolute atomic E-state index is 12.2. The number of carboxylic acids is 1. The van der Waals surface area contributed by atoms with Crippen LogP contribution in [0.15, 0.2) is 22.7 Å². The summed E-state index contributed by atoms with van der Waals surface area (Å²) in [6, 6.07) is 2.08. The van der Waals surface area contributed by atoms with Crippen molar-refractivity contribution in [1.82, 2.24) is 0 Å². The van der Waals surface area contributed by atoms with Gasteiger partial charge in [0.2, 0.25) is 0 Å². The number of hydrogen-bond acceptors (Lipinski definition) is 4. The van der Waals surface area contributed by atoms with Gasteiger partial charge < -0.3 is 10.2 Å². The highest BCUT2D eigenvalue weighted by molar-refractivity contribution is 9.10. The number of allylic oxidation sites excluding steroid dienone is 2. The Bertz CT molecular complexity index is 752. The fraction of sp³-hybridized carbons (Fsp3) is 0.545. The molecule has 1 unspecified atom stereocenters. The van der Waals surface area contributed by atoms with Crippen LogP contribution in [0, 0.1) is 30.6 Å². The zero-order valence-electron chi connectivity index (χ0n) is 16.1. The summed E-state index contributed by atoms with van der Waals surface area (Å²) in [5.74, 6) is 5.61. The molecule has 1 aromatic rings. The van der Waals surface area contributed by atoms with Crippen molar-refractivity contribution in [3.05, 3.63) is 32.4 Å². The van der Waals surface area contributed by atoms with Gasteiger partial charge in [-0.05, 0) is 66.6 Å². The lowest BCUT2D eigenvalue weighted by Crippen LogP contribution is -2.17. The molecular formula is C22H27BrO4S. The van der Waals surface area contributed by atoms with Crippen molar-refractivity contribution in [1.29, 1.82) is 0 Å². The van der Waals surface area contributed by atoms with Gasteiger partial charge in [0, 0.05) is 45.8 Å². The topological polar surface area (TPSA) is 74.6 Å². The van der Waals surface area contributed by atoms with E-state index >= 15 is 0 Å². The van der Waals surface area contributed by atoms with Gasteiger partial charge >= 0.3 is 5.97 Å². The molecule has 0 saturated heterocycles. The van der Waals surface area contributed by atoms with E-state index in [0.29, 0.717) is 25.7 Å². The van der Waals surface area contributed by atoms with Gasteiger partial charge in [0.05, 0.1) is 6.10 Å². The van der Waals surface area contributed by atoms with E-state index < -0.39 is 5.97 Å². The first-order chi connectivity index (χ1) is 13.4. The second kappa shape index (κ2) is 11.5. The minimum atomic E-state index is -0.801. The van der Waals surface area contributed by atoms with Gasteiger partial charge in [-0.25, -0.2) is 0 Å². The maximum Gasteiger partial charge on any atom is 0.303 e. The number of unbranched alkanes of at least 4 members (excludes halogenated alkanes) is 1. The SMILES string of the molecule is Cc1sc(CCC(=O)C=C[C@H]2CCC(O)[C@@H]2CC#CCCCC(=O)O)cc1Br. The number of aryl methyl sites for hydroxylation is 2. The summed E-state index contributed by atoms with van der Waals surface area (Å²) in [5, 5.41) is 18.8.